The van der Waals surface area contributed by atoms with Gasteiger partial charge in [0.1, 0.15) is 0 Å². The molecule has 8 bridgehead atoms. The van der Waals surface area contributed by atoms with Crippen LogP contribution >= 0.6 is 0 Å². The van der Waals surface area contributed by atoms with E-state index in [1.165, 1.54) is 97.6 Å². The lowest BCUT2D eigenvalue weighted by Crippen LogP contribution is -2.25. The molecular formula is C50H49N3. The van der Waals surface area contributed by atoms with Gasteiger partial charge in [-0.05, 0) is 198 Å². The molecule has 3 aromatic heterocycles. The highest BCUT2D eigenvalue weighted by molar-refractivity contribution is 6.29. The minimum atomic E-state index is 0.147. The van der Waals surface area contributed by atoms with E-state index in [4.69, 9.17) is 4.98 Å². The molecule has 0 N–H and O–H groups in total. The Morgan fingerprint density at radius 3 is 1.74 bits per heavy atom. The van der Waals surface area contributed by atoms with Gasteiger partial charge in [-0.3, -0.25) is 4.98 Å². The fourth-order valence-electron chi connectivity index (χ4n) is 15.6. The number of nitrogens with zero attached hydrogens (tertiary/aromatic N) is 3. The summed E-state index contributed by atoms with van der Waals surface area (Å²) >= 11 is 0. The van der Waals surface area contributed by atoms with Crippen LogP contribution < -0.4 is 0 Å². The summed E-state index contributed by atoms with van der Waals surface area (Å²) in [5, 5.41) is 17.3. The van der Waals surface area contributed by atoms with Gasteiger partial charge in [-0.1, -0.05) is 32.9 Å². The zero-order valence-corrected chi connectivity index (χ0v) is 31.7. The van der Waals surface area contributed by atoms with Gasteiger partial charge in [0.2, 0.25) is 0 Å². The Bertz CT molecular complexity index is 2700. The molecule has 53 heavy (non-hydrogen) atoms. The molecule has 10 aliphatic rings. The maximum atomic E-state index is 11.0. The normalized spacial score (nSPS) is 31.4. The van der Waals surface area contributed by atoms with Gasteiger partial charge < -0.3 is 4.40 Å². The molecule has 3 nitrogen and oxygen atoms in total. The van der Waals surface area contributed by atoms with Crippen LogP contribution in [-0.2, 0) is 31.1 Å². The van der Waals surface area contributed by atoms with E-state index in [-0.39, 0.29) is 5.41 Å². The second-order valence-electron chi connectivity index (χ2n) is 20.9. The highest BCUT2D eigenvalue weighted by Crippen LogP contribution is 2.63. The molecule has 0 amide bonds. The topological polar surface area (TPSA) is 41.1 Å². The van der Waals surface area contributed by atoms with Crippen LogP contribution in [-0.4, -0.2) is 9.38 Å². The first-order valence-electron chi connectivity index (χ1n) is 21.6. The fraction of sp³-hybridized carbons (Fsp3) is 0.520. The molecule has 4 saturated carbocycles. The second kappa shape index (κ2) is 9.48. The van der Waals surface area contributed by atoms with Gasteiger partial charge in [-0.15, -0.1) is 0 Å². The number of hydrogen-bond donors (Lipinski definition) is 0. The van der Waals surface area contributed by atoms with Crippen molar-refractivity contribution < 1.29 is 0 Å². The molecule has 0 saturated heterocycles. The summed E-state index contributed by atoms with van der Waals surface area (Å²) in [6, 6.07) is 10.4. The number of aromatic nitrogens is 2. The third kappa shape index (κ3) is 3.49. The average molecular weight is 692 g/mol. The molecule has 3 heteroatoms. The van der Waals surface area contributed by atoms with E-state index < -0.39 is 0 Å². The lowest BCUT2D eigenvalue weighted by atomic mass is 9.67. The van der Waals surface area contributed by atoms with Crippen molar-refractivity contribution in [1.82, 2.24) is 9.38 Å². The summed E-state index contributed by atoms with van der Waals surface area (Å²) in [7, 11) is 0. The molecule has 0 radical (unpaired) electrons. The van der Waals surface area contributed by atoms with Gasteiger partial charge in [0.15, 0.2) is 0 Å². The van der Waals surface area contributed by atoms with Gasteiger partial charge in [0, 0.05) is 33.2 Å². The summed E-state index contributed by atoms with van der Waals surface area (Å²) in [5.74, 6) is 5.79. The van der Waals surface area contributed by atoms with Gasteiger partial charge in [-0.25, -0.2) is 0 Å². The molecule has 4 atom stereocenters. The minimum absolute atomic E-state index is 0.147. The Morgan fingerprint density at radius 1 is 0.604 bits per heavy atom. The third-order valence-electron chi connectivity index (χ3n) is 17.1. The van der Waals surface area contributed by atoms with Crippen molar-refractivity contribution in [3.05, 3.63) is 80.2 Å². The van der Waals surface area contributed by atoms with Gasteiger partial charge in [0.25, 0.3) is 0 Å². The van der Waals surface area contributed by atoms with Crippen LogP contribution in [0.4, 0.5) is 0 Å². The van der Waals surface area contributed by atoms with Crippen molar-refractivity contribution in [3.8, 4) is 17.2 Å². The molecule has 4 fully saturated rings. The number of nitriles is 1. The number of rotatable bonds is 0. The molecule has 264 valence electrons. The highest BCUT2D eigenvalue weighted by atomic mass is 14.9. The van der Waals surface area contributed by atoms with Crippen molar-refractivity contribution in [2.45, 2.75) is 140 Å². The van der Waals surface area contributed by atoms with Gasteiger partial charge in [-0.2, -0.15) is 5.26 Å². The van der Waals surface area contributed by atoms with E-state index in [0.717, 1.165) is 54.9 Å². The summed E-state index contributed by atoms with van der Waals surface area (Å²) in [5.41, 5.74) is 22.7. The number of fused-ring (bicyclic) bond motifs is 8. The first-order valence-corrected chi connectivity index (χ1v) is 21.6. The van der Waals surface area contributed by atoms with E-state index in [1.807, 2.05) is 0 Å². The molecule has 0 spiro atoms. The summed E-state index contributed by atoms with van der Waals surface area (Å²) < 4.78 is 2.71. The SMILES string of the molecule is CC(C)(C)c1cc2c3c(c1)CCc1c-3c(c3c4c5c(ncc4n4c6cc(C#N)c7c(c6c1c34)C1CC3CC(CC7C3)C1)C1CC3CC(C1)CC5C3)CC2. The van der Waals surface area contributed by atoms with E-state index >= 15 is 0 Å². The first-order chi connectivity index (χ1) is 25.8. The van der Waals surface area contributed by atoms with Crippen LogP contribution in [0.2, 0.25) is 0 Å². The van der Waals surface area contributed by atoms with Crippen molar-refractivity contribution in [3.63, 3.8) is 0 Å². The average Bonchev–Trinajstić information content (AvgIpc) is 3.52. The summed E-state index contributed by atoms with van der Waals surface area (Å²) in [4.78, 5) is 5.57. The number of aryl methyl sites for hydroxylation is 4. The first kappa shape index (κ1) is 29.5. The minimum Gasteiger partial charge on any atom is -0.306 e. The number of pyridine rings is 1. The zero-order valence-electron chi connectivity index (χ0n) is 31.7. The van der Waals surface area contributed by atoms with Crippen LogP contribution in [0.15, 0.2) is 24.4 Å². The van der Waals surface area contributed by atoms with Crippen molar-refractivity contribution >= 4 is 38.1 Å². The Balaban J connectivity index is 1.20. The van der Waals surface area contributed by atoms with Crippen molar-refractivity contribution in [2.75, 3.05) is 0 Å². The summed E-state index contributed by atoms with van der Waals surface area (Å²) in [6.45, 7) is 7.18. The molecule has 4 unspecified atom stereocenters. The van der Waals surface area contributed by atoms with Crippen LogP contribution in [0.25, 0.3) is 49.2 Å². The highest BCUT2D eigenvalue weighted by Gasteiger charge is 2.47. The van der Waals surface area contributed by atoms with Crippen LogP contribution in [0.1, 0.15) is 164 Å². The lowest BCUT2D eigenvalue weighted by Gasteiger charge is -2.38. The largest absolute Gasteiger partial charge is 0.306 e. The van der Waals surface area contributed by atoms with Crippen LogP contribution in [0, 0.1) is 35.0 Å². The maximum Gasteiger partial charge on any atom is 0.0995 e. The van der Waals surface area contributed by atoms with Crippen molar-refractivity contribution in [2.24, 2.45) is 23.7 Å². The molecular weight excluding hydrogens is 643 g/mol. The second-order valence-corrected chi connectivity index (χ2v) is 20.9. The van der Waals surface area contributed by atoms with E-state index in [9.17, 15) is 5.26 Å². The number of hydrogen-bond acceptors (Lipinski definition) is 2. The van der Waals surface area contributed by atoms with E-state index in [2.05, 4.69) is 55.6 Å². The zero-order chi connectivity index (χ0) is 34.8. The molecule has 10 aliphatic carbocycles. The molecule has 3 heterocycles. The molecule has 0 aliphatic heterocycles. The predicted octanol–water partition coefficient (Wildman–Crippen LogP) is 12.0. The molecule has 16 rings (SSSR count). The fourth-order valence-corrected chi connectivity index (χ4v) is 15.6. The lowest BCUT2D eigenvalue weighted by molar-refractivity contribution is 0.165. The Labute approximate surface area is 312 Å². The van der Waals surface area contributed by atoms with Crippen LogP contribution in [0.3, 0.4) is 0 Å². The van der Waals surface area contributed by atoms with Gasteiger partial charge in [0.05, 0.1) is 34.4 Å². The smallest absolute Gasteiger partial charge is 0.0995 e. The van der Waals surface area contributed by atoms with E-state index in [1.54, 1.807) is 66.1 Å². The Kier molecular flexibility index (Phi) is 5.27. The maximum absolute atomic E-state index is 11.0. The van der Waals surface area contributed by atoms with Gasteiger partial charge >= 0.3 is 0 Å². The molecule has 3 aromatic carbocycles. The predicted molar refractivity (Wildman–Crippen MR) is 214 cm³/mol. The quantitative estimate of drug-likeness (QED) is 0.159. The third-order valence-corrected chi connectivity index (χ3v) is 17.1. The summed E-state index contributed by atoms with van der Waals surface area (Å²) in [6.07, 6.45) is 20.4. The number of benzene rings is 3. The Morgan fingerprint density at radius 2 is 1.15 bits per heavy atom. The van der Waals surface area contributed by atoms with Crippen LogP contribution in [0.5, 0.6) is 0 Å². The Hall–Kier alpha value is -3.90. The monoisotopic (exact) mass is 691 g/mol. The molecule has 6 aromatic rings. The van der Waals surface area contributed by atoms with E-state index in [0.29, 0.717) is 23.7 Å². The standard InChI is InChI=1S/C50H49N3/c1-50(2,3)34-18-27-4-6-35-43-36(7-5-28(19-34)39(27)43)45-47-38(22-52-48-32-16-25-9-26(17-32)15-31(14-25)42(47)48)53-37-20-33(21-51)40-29-10-23-8-24(11-29)13-30(12-23)41(40)46(37)44(35)49(45)53/h18-20,22-26,29-32H,4-17H2,1-3H3. The van der Waals surface area contributed by atoms with Crippen molar-refractivity contribution in [1.29, 1.82) is 5.26 Å².